The highest BCUT2D eigenvalue weighted by atomic mass is 127. The molecule has 2 amide bonds. The van der Waals surface area contributed by atoms with Crippen LogP contribution in [0.4, 0.5) is 17.1 Å². The van der Waals surface area contributed by atoms with Crippen LogP contribution in [-0.2, 0) is 9.59 Å². The predicted octanol–water partition coefficient (Wildman–Crippen LogP) is 4.86. The number of hydrogen-bond donors (Lipinski definition) is 3. The van der Waals surface area contributed by atoms with Gasteiger partial charge in [-0.1, -0.05) is 25.8 Å². The Balaban J connectivity index is 1.82. The van der Waals surface area contributed by atoms with E-state index >= 15 is 0 Å². The van der Waals surface area contributed by atoms with E-state index in [4.69, 9.17) is 0 Å². The molecular weight excluding hydrogens is 441 g/mol. The summed E-state index contributed by atoms with van der Waals surface area (Å²) in [5, 5.41) is 8.79. The first kappa shape index (κ1) is 20.2. The minimum atomic E-state index is -0.144. The Hall–Kier alpha value is -2.09. The third-order valence-electron chi connectivity index (χ3n) is 3.73. The van der Waals surface area contributed by atoms with Crippen molar-refractivity contribution in [1.82, 2.24) is 0 Å². The van der Waals surface area contributed by atoms with Gasteiger partial charge < -0.3 is 16.0 Å². The summed E-state index contributed by atoms with van der Waals surface area (Å²) in [5.74, 6) is -0.141. The van der Waals surface area contributed by atoms with Gasteiger partial charge in [-0.2, -0.15) is 0 Å². The highest BCUT2D eigenvalue weighted by molar-refractivity contribution is 14.1. The Morgan fingerprint density at radius 1 is 0.885 bits per heavy atom. The summed E-state index contributed by atoms with van der Waals surface area (Å²) in [4.78, 5) is 24.0. The van der Waals surface area contributed by atoms with Crippen molar-refractivity contribution in [1.29, 1.82) is 0 Å². The number of halogens is 1. The van der Waals surface area contributed by atoms with E-state index < -0.39 is 0 Å². The van der Waals surface area contributed by atoms with Crippen molar-refractivity contribution in [3.8, 4) is 0 Å². The van der Waals surface area contributed by atoms with Gasteiger partial charge >= 0.3 is 0 Å². The van der Waals surface area contributed by atoms with Crippen LogP contribution in [0, 0.1) is 3.57 Å². The minimum Gasteiger partial charge on any atom is -0.376 e. The average molecular weight is 465 g/mol. The number of benzene rings is 2. The van der Waals surface area contributed by atoms with Gasteiger partial charge in [0, 0.05) is 27.1 Å². The molecule has 0 unspecified atom stereocenters. The lowest BCUT2D eigenvalue weighted by atomic mass is 10.2. The molecule has 0 heterocycles. The summed E-state index contributed by atoms with van der Waals surface area (Å²) >= 11 is 2.24. The maximum absolute atomic E-state index is 12.1. The number of anilines is 3. The van der Waals surface area contributed by atoms with Gasteiger partial charge in [0.05, 0.1) is 6.54 Å². The molecule has 0 aliphatic rings. The minimum absolute atomic E-state index is 0.00213. The second kappa shape index (κ2) is 10.8. The smallest absolute Gasteiger partial charge is 0.243 e. The number of carbonyl (C=O) groups excluding carboxylic acids is 2. The zero-order chi connectivity index (χ0) is 18.8. The SMILES string of the molecule is CCCCCC(=O)Nc1cccc(NC(=O)CNc2ccc(I)cc2)c1. The summed E-state index contributed by atoms with van der Waals surface area (Å²) in [7, 11) is 0. The summed E-state index contributed by atoms with van der Waals surface area (Å²) in [6, 6.07) is 15.0. The monoisotopic (exact) mass is 465 g/mol. The molecule has 0 bridgehead atoms. The van der Waals surface area contributed by atoms with E-state index in [2.05, 4.69) is 45.5 Å². The molecule has 0 aliphatic heterocycles. The molecule has 0 saturated carbocycles. The van der Waals surface area contributed by atoms with Crippen LogP contribution in [0.3, 0.4) is 0 Å². The Labute approximate surface area is 168 Å². The maximum Gasteiger partial charge on any atom is 0.243 e. The van der Waals surface area contributed by atoms with Gasteiger partial charge in [-0.05, 0) is 71.5 Å². The van der Waals surface area contributed by atoms with Crippen molar-refractivity contribution in [2.75, 3.05) is 22.5 Å². The van der Waals surface area contributed by atoms with Gasteiger partial charge in [0.15, 0.2) is 0 Å². The normalized spacial score (nSPS) is 10.2. The molecule has 138 valence electrons. The number of unbranched alkanes of at least 4 members (excludes halogenated alkanes) is 2. The highest BCUT2D eigenvalue weighted by Crippen LogP contribution is 2.16. The van der Waals surface area contributed by atoms with E-state index in [0.29, 0.717) is 17.8 Å². The Morgan fingerprint density at radius 3 is 2.19 bits per heavy atom. The second-order valence-corrected chi connectivity index (χ2v) is 7.24. The van der Waals surface area contributed by atoms with Crippen LogP contribution in [-0.4, -0.2) is 18.4 Å². The van der Waals surface area contributed by atoms with E-state index in [1.807, 2.05) is 36.4 Å². The molecule has 0 aromatic heterocycles. The molecule has 2 aromatic rings. The lowest BCUT2D eigenvalue weighted by Crippen LogP contribution is -2.21. The molecule has 0 aliphatic carbocycles. The van der Waals surface area contributed by atoms with E-state index in [1.54, 1.807) is 12.1 Å². The molecule has 3 N–H and O–H groups in total. The molecule has 0 radical (unpaired) electrons. The van der Waals surface area contributed by atoms with Crippen LogP contribution in [0.15, 0.2) is 48.5 Å². The van der Waals surface area contributed by atoms with Crippen molar-refractivity contribution in [3.63, 3.8) is 0 Å². The third kappa shape index (κ3) is 7.43. The Kier molecular flexibility index (Phi) is 8.40. The quantitative estimate of drug-likeness (QED) is 0.366. The summed E-state index contributed by atoms with van der Waals surface area (Å²) in [6.07, 6.45) is 3.55. The van der Waals surface area contributed by atoms with Crippen molar-refractivity contribution in [2.45, 2.75) is 32.6 Å². The zero-order valence-electron chi connectivity index (χ0n) is 14.8. The first-order valence-corrected chi connectivity index (χ1v) is 9.84. The van der Waals surface area contributed by atoms with E-state index in [0.717, 1.165) is 28.5 Å². The topological polar surface area (TPSA) is 70.2 Å². The summed E-state index contributed by atoms with van der Waals surface area (Å²) < 4.78 is 1.14. The summed E-state index contributed by atoms with van der Waals surface area (Å²) in [5.41, 5.74) is 2.24. The zero-order valence-corrected chi connectivity index (χ0v) is 17.0. The van der Waals surface area contributed by atoms with Crippen LogP contribution < -0.4 is 16.0 Å². The van der Waals surface area contributed by atoms with E-state index in [1.165, 1.54) is 0 Å². The predicted molar refractivity (Wildman–Crippen MR) is 115 cm³/mol. The maximum atomic E-state index is 12.1. The van der Waals surface area contributed by atoms with Crippen LogP contribution in [0.25, 0.3) is 0 Å². The average Bonchev–Trinajstić information content (AvgIpc) is 2.62. The lowest BCUT2D eigenvalue weighted by molar-refractivity contribution is -0.116. The largest absolute Gasteiger partial charge is 0.376 e. The van der Waals surface area contributed by atoms with Crippen LogP contribution in [0.1, 0.15) is 32.6 Å². The molecule has 26 heavy (non-hydrogen) atoms. The van der Waals surface area contributed by atoms with Gasteiger partial charge in [-0.3, -0.25) is 9.59 Å². The van der Waals surface area contributed by atoms with Crippen molar-refractivity contribution in [2.24, 2.45) is 0 Å². The first-order chi connectivity index (χ1) is 12.6. The molecule has 6 heteroatoms. The molecule has 2 rings (SSSR count). The van der Waals surface area contributed by atoms with Gasteiger partial charge in [0.25, 0.3) is 0 Å². The Morgan fingerprint density at radius 2 is 1.54 bits per heavy atom. The number of hydrogen-bond acceptors (Lipinski definition) is 3. The molecule has 0 saturated heterocycles. The van der Waals surface area contributed by atoms with Crippen molar-refractivity contribution < 1.29 is 9.59 Å². The number of nitrogens with one attached hydrogen (secondary N) is 3. The first-order valence-electron chi connectivity index (χ1n) is 8.76. The third-order valence-corrected chi connectivity index (χ3v) is 4.45. The standard InChI is InChI=1S/C20H24IN3O2/c1-2-3-4-8-19(25)23-17-6-5-7-18(13-17)24-20(26)14-22-16-11-9-15(21)10-12-16/h5-7,9-13,22H,2-4,8,14H2,1H3,(H,23,25)(H,24,26). The van der Waals surface area contributed by atoms with Crippen LogP contribution >= 0.6 is 22.6 Å². The number of rotatable bonds is 9. The number of amides is 2. The molecule has 5 nitrogen and oxygen atoms in total. The van der Waals surface area contributed by atoms with Crippen molar-refractivity contribution >= 4 is 51.5 Å². The summed E-state index contributed by atoms with van der Waals surface area (Å²) in [6.45, 7) is 2.28. The second-order valence-electron chi connectivity index (χ2n) is 5.99. The lowest BCUT2D eigenvalue weighted by Gasteiger charge is -2.10. The molecule has 0 fully saturated rings. The molecule has 0 atom stereocenters. The Bertz CT molecular complexity index is 732. The van der Waals surface area contributed by atoms with Gasteiger partial charge in [0.2, 0.25) is 11.8 Å². The number of carbonyl (C=O) groups is 2. The molecule has 0 spiro atoms. The highest BCUT2D eigenvalue weighted by Gasteiger charge is 2.05. The van der Waals surface area contributed by atoms with Gasteiger partial charge in [-0.15, -0.1) is 0 Å². The fraction of sp³-hybridized carbons (Fsp3) is 0.300. The van der Waals surface area contributed by atoms with Crippen molar-refractivity contribution in [3.05, 3.63) is 52.1 Å². The molecular formula is C20H24IN3O2. The van der Waals surface area contributed by atoms with E-state index in [-0.39, 0.29) is 18.4 Å². The molecule has 2 aromatic carbocycles. The van der Waals surface area contributed by atoms with Crippen LogP contribution in [0.2, 0.25) is 0 Å². The fourth-order valence-electron chi connectivity index (χ4n) is 2.39. The van der Waals surface area contributed by atoms with Gasteiger partial charge in [-0.25, -0.2) is 0 Å². The fourth-order valence-corrected chi connectivity index (χ4v) is 2.75. The van der Waals surface area contributed by atoms with Crippen LogP contribution in [0.5, 0.6) is 0 Å². The van der Waals surface area contributed by atoms with E-state index in [9.17, 15) is 9.59 Å². The van der Waals surface area contributed by atoms with Gasteiger partial charge in [0.1, 0.15) is 0 Å².